The van der Waals surface area contributed by atoms with Gasteiger partial charge in [0.1, 0.15) is 9.98 Å². The van der Waals surface area contributed by atoms with E-state index in [4.69, 9.17) is 24.4 Å². The summed E-state index contributed by atoms with van der Waals surface area (Å²) in [7, 11) is 0. The summed E-state index contributed by atoms with van der Waals surface area (Å²) in [6, 6.07) is 0. The van der Waals surface area contributed by atoms with Gasteiger partial charge in [-0.2, -0.15) is 0 Å². The Labute approximate surface area is 275 Å². The fourth-order valence-electron chi connectivity index (χ4n) is 5.31. The minimum Gasteiger partial charge on any atom is -0.374 e. The molecule has 0 aromatic carbocycles. The maximum atomic E-state index is 5.47. The summed E-state index contributed by atoms with van der Waals surface area (Å²) in [5.74, 6) is 0. The minimum absolute atomic E-state index is 0.724. The summed E-state index contributed by atoms with van der Waals surface area (Å²) in [5, 5.41) is 6.70. The van der Waals surface area contributed by atoms with Crippen LogP contribution in [0.3, 0.4) is 0 Å². The van der Waals surface area contributed by atoms with E-state index in [1.807, 2.05) is 0 Å². The van der Waals surface area contributed by atoms with Gasteiger partial charge < -0.3 is 10.6 Å². The molecule has 0 saturated carbocycles. The maximum Gasteiger partial charge on any atom is 0.134 e. The maximum absolute atomic E-state index is 5.47. The SMILES string of the molecule is CCCCCCCCC=CCCCCCCCCNC(=S)C(=S)NCCCCCCCCC=CCCCCCCCC. The van der Waals surface area contributed by atoms with Gasteiger partial charge in [0.05, 0.1) is 0 Å². The molecule has 0 aliphatic carbocycles. The number of allylic oxidation sites excluding steroid dienone is 4. The quantitative estimate of drug-likeness (QED) is 0.0444. The van der Waals surface area contributed by atoms with Crippen molar-refractivity contribution in [2.24, 2.45) is 0 Å². The molecule has 0 atom stereocenters. The van der Waals surface area contributed by atoms with Crippen LogP contribution in [0.2, 0.25) is 0 Å². The lowest BCUT2D eigenvalue weighted by molar-refractivity contribution is 0.591. The molecule has 4 heteroatoms. The molecule has 0 aliphatic rings. The molecule has 0 heterocycles. The van der Waals surface area contributed by atoms with Crippen molar-refractivity contribution in [2.75, 3.05) is 13.1 Å². The van der Waals surface area contributed by atoms with Crippen molar-refractivity contribution in [3.8, 4) is 0 Å². The molecule has 0 aromatic heterocycles. The molecule has 0 aromatic rings. The monoisotopic (exact) mass is 621 g/mol. The third-order valence-corrected chi connectivity index (χ3v) is 8.98. The van der Waals surface area contributed by atoms with Gasteiger partial charge in [0.2, 0.25) is 0 Å². The first kappa shape index (κ1) is 41.3. The molecule has 0 spiro atoms. The molecule has 0 saturated heterocycles. The molecule has 0 unspecified atom stereocenters. The van der Waals surface area contributed by atoms with Gasteiger partial charge in [-0.3, -0.25) is 0 Å². The first-order valence-electron chi connectivity index (χ1n) is 18.6. The van der Waals surface area contributed by atoms with Gasteiger partial charge in [0.15, 0.2) is 0 Å². The van der Waals surface area contributed by atoms with Gasteiger partial charge in [-0.05, 0) is 64.2 Å². The summed E-state index contributed by atoms with van der Waals surface area (Å²) in [6.07, 6.45) is 47.1. The zero-order valence-electron chi connectivity index (χ0n) is 28.3. The minimum atomic E-state index is 0.724. The van der Waals surface area contributed by atoms with Gasteiger partial charge in [-0.15, -0.1) is 0 Å². The molecule has 0 fully saturated rings. The Kier molecular flexibility index (Phi) is 35.8. The van der Waals surface area contributed by atoms with Crippen molar-refractivity contribution in [3.63, 3.8) is 0 Å². The highest BCUT2D eigenvalue weighted by atomic mass is 32.1. The molecule has 2 N–H and O–H groups in total. The molecule has 0 aliphatic heterocycles. The summed E-state index contributed by atoms with van der Waals surface area (Å²) in [6.45, 7) is 6.45. The fourth-order valence-corrected chi connectivity index (χ4v) is 5.66. The third kappa shape index (κ3) is 33.8. The highest BCUT2D eigenvalue weighted by molar-refractivity contribution is 7.89. The zero-order valence-corrected chi connectivity index (χ0v) is 30.0. The third-order valence-electron chi connectivity index (χ3n) is 8.15. The topological polar surface area (TPSA) is 24.1 Å². The Balaban J connectivity index is 3.35. The molecular formula is C38H72N2S2. The Hall–Kier alpha value is -0.740. The van der Waals surface area contributed by atoms with Crippen LogP contribution >= 0.6 is 24.4 Å². The van der Waals surface area contributed by atoms with Crippen molar-refractivity contribution < 1.29 is 0 Å². The lowest BCUT2D eigenvalue weighted by Crippen LogP contribution is -2.38. The predicted octanol–water partition coefficient (Wildman–Crippen LogP) is 12.9. The molecular weight excluding hydrogens is 549 g/mol. The van der Waals surface area contributed by atoms with Crippen molar-refractivity contribution in [2.45, 2.75) is 194 Å². The lowest BCUT2D eigenvalue weighted by atomic mass is 10.1. The highest BCUT2D eigenvalue weighted by Crippen LogP contribution is 2.11. The van der Waals surface area contributed by atoms with Crippen LogP contribution in [-0.2, 0) is 0 Å². The smallest absolute Gasteiger partial charge is 0.134 e. The Morgan fingerprint density at radius 3 is 0.881 bits per heavy atom. The van der Waals surface area contributed by atoms with Crippen LogP contribution in [0, 0.1) is 0 Å². The van der Waals surface area contributed by atoms with E-state index >= 15 is 0 Å². The first-order chi connectivity index (χ1) is 20.7. The van der Waals surface area contributed by atoms with Crippen LogP contribution in [0.5, 0.6) is 0 Å². The van der Waals surface area contributed by atoms with Crippen LogP contribution in [0.1, 0.15) is 194 Å². The standard InChI is InChI=1S/C38H72N2S2/c1-3-5-7-9-11-13-15-17-19-21-23-25-27-29-31-33-35-39-37(41)38(42)40-36-34-32-30-28-26-24-22-20-18-16-14-12-10-8-6-4-2/h17-20H,3-16,21-36H2,1-2H3,(H,39,41)(H,40,42). The van der Waals surface area contributed by atoms with E-state index in [2.05, 4.69) is 48.8 Å². The average molecular weight is 621 g/mol. The predicted molar refractivity (Wildman–Crippen MR) is 200 cm³/mol. The highest BCUT2D eigenvalue weighted by Gasteiger charge is 2.03. The second-order valence-corrected chi connectivity index (χ2v) is 13.2. The summed E-state index contributed by atoms with van der Waals surface area (Å²) >= 11 is 10.9. The summed E-state index contributed by atoms with van der Waals surface area (Å²) in [4.78, 5) is 1.45. The van der Waals surface area contributed by atoms with Crippen molar-refractivity contribution in [1.82, 2.24) is 10.6 Å². The number of thiocarbonyl (C=S) groups is 2. The van der Waals surface area contributed by atoms with E-state index in [1.165, 1.54) is 180 Å². The Morgan fingerprint density at radius 1 is 0.357 bits per heavy atom. The molecule has 0 rings (SSSR count). The number of hydrogen-bond donors (Lipinski definition) is 2. The normalized spacial score (nSPS) is 11.6. The molecule has 0 radical (unpaired) electrons. The van der Waals surface area contributed by atoms with E-state index in [1.54, 1.807) is 0 Å². The number of nitrogens with one attached hydrogen (secondary N) is 2. The van der Waals surface area contributed by atoms with E-state index in [9.17, 15) is 0 Å². The van der Waals surface area contributed by atoms with E-state index in [0.717, 1.165) is 23.1 Å². The summed E-state index contributed by atoms with van der Waals surface area (Å²) < 4.78 is 0. The van der Waals surface area contributed by atoms with Gasteiger partial charge in [-0.1, -0.05) is 178 Å². The second-order valence-electron chi connectivity index (χ2n) is 12.4. The second kappa shape index (κ2) is 36.5. The Morgan fingerprint density at radius 2 is 0.595 bits per heavy atom. The van der Waals surface area contributed by atoms with Crippen molar-refractivity contribution in [1.29, 1.82) is 0 Å². The van der Waals surface area contributed by atoms with Crippen LogP contribution in [0.15, 0.2) is 24.3 Å². The van der Waals surface area contributed by atoms with Gasteiger partial charge in [-0.25, -0.2) is 0 Å². The molecule has 0 amide bonds. The first-order valence-corrected chi connectivity index (χ1v) is 19.4. The van der Waals surface area contributed by atoms with Crippen molar-refractivity contribution >= 4 is 34.4 Å². The van der Waals surface area contributed by atoms with Crippen LogP contribution in [0.4, 0.5) is 0 Å². The zero-order chi connectivity index (χ0) is 30.6. The molecule has 0 bridgehead atoms. The van der Waals surface area contributed by atoms with E-state index < -0.39 is 0 Å². The largest absolute Gasteiger partial charge is 0.374 e. The fraction of sp³-hybridized carbons (Fsp3) is 0.842. The average Bonchev–Trinajstić information content (AvgIpc) is 3.00. The van der Waals surface area contributed by atoms with Crippen LogP contribution in [0.25, 0.3) is 0 Å². The number of rotatable bonds is 32. The number of unbranched alkanes of at least 4 members (excludes halogenated alkanes) is 24. The van der Waals surface area contributed by atoms with E-state index in [-0.39, 0.29) is 0 Å². The van der Waals surface area contributed by atoms with Crippen LogP contribution < -0.4 is 10.6 Å². The Bertz CT molecular complexity index is 575. The number of hydrogen-bond acceptors (Lipinski definition) is 2. The van der Waals surface area contributed by atoms with Gasteiger partial charge in [0, 0.05) is 13.1 Å². The molecule has 2 nitrogen and oxygen atoms in total. The summed E-state index contributed by atoms with van der Waals surface area (Å²) in [5.41, 5.74) is 0. The molecule has 42 heavy (non-hydrogen) atoms. The van der Waals surface area contributed by atoms with E-state index in [0.29, 0.717) is 0 Å². The molecule has 246 valence electrons. The lowest BCUT2D eigenvalue weighted by Gasteiger charge is -2.11. The van der Waals surface area contributed by atoms with Crippen LogP contribution in [-0.4, -0.2) is 23.1 Å². The van der Waals surface area contributed by atoms with Gasteiger partial charge in [0.25, 0.3) is 0 Å². The van der Waals surface area contributed by atoms with Crippen molar-refractivity contribution in [3.05, 3.63) is 24.3 Å². The van der Waals surface area contributed by atoms with Gasteiger partial charge >= 0.3 is 0 Å².